The van der Waals surface area contributed by atoms with Crippen LogP contribution in [0.2, 0.25) is 0 Å². The summed E-state index contributed by atoms with van der Waals surface area (Å²) in [5, 5.41) is 8.57. The standard InChI is InChI=1S/C13H6F3N3O3/c14-13(15,16)12-17-4-8-6-2-1-5(11(21)19-22)3-7(6)10(20)9(8)18-12/h1-4,22H,(H,19,21). The quantitative estimate of drug-likeness (QED) is 0.528. The van der Waals surface area contributed by atoms with Gasteiger partial charge in [-0.05, 0) is 17.7 Å². The molecule has 9 heteroatoms. The Bertz CT molecular complexity index is 818. The van der Waals surface area contributed by atoms with Gasteiger partial charge in [0.2, 0.25) is 11.6 Å². The number of carbonyl (C=O) groups excluding carboxylic acids is 2. The second-order valence-corrected chi connectivity index (χ2v) is 4.48. The molecule has 0 fully saturated rings. The molecule has 0 spiro atoms. The minimum Gasteiger partial charge on any atom is -0.288 e. The summed E-state index contributed by atoms with van der Waals surface area (Å²) in [5.74, 6) is -2.97. The van der Waals surface area contributed by atoms with Crippen LogP contribution < -0.4 is 5.48 Å². The number of rotatable bonds is 1. The average Bonchev–Trinajstić information content (AvgIpc) is 2.78. The van der Waals surface area contributed by atoms with Gasteiger partial charge < -0.3 is 0 Å². The molecule has 1 aromatic carbocycles. The van der Waals surface area contributed by atoms with Crippen LogP contribution >= 0.6 is 0 Å². The third-order valence-electron chi connectivity index (χ3n) is 3.18. The first-order chi connectivity index (χ1) is 10.3. The summed E-state index contributed by atoms with van der Waals surface area (Å²) < 4.78 is 37.8. The van der Waals surface area contributed by atoms with Crippen molar-refractivity contribution in [3.63, 3.8) is 0 Å². The molecular formula is C13H6F3N3O3. The number of ketones is 1. The van der Waals surface area contributed by atoms with Crippen LogP contribution in [0.25, 0.3) is 11.1 Å². The molecule has 1 amide bonds. The third-order valence-corrected chi connectivity index (χ3v) is 3.18. The van der Waals surface area contributed by atoms with Crippen molar-refractivity contribution in [2.24, 2.45) is 0 Å². The Morgan fingerprint density at radius 2 is 1.91 bits per heavy atom. The lowest BCUT2D eigenvalue weighted by molar-refractivity contribution is -0.145. The van der Waals surface area contributed by atoms with Crippen molar-refractivity contribution >= 4 is 11.7 Å². The van der Waals surface area contributed by atoms with Gasteiger partial charge in [-0.3, -0.25) is 14.8 Å². The predicted octanol–water partition coefficient (Wildman–Crippen LogP) is 1.83. The summed E-state index contributed by atoms with van der Waals surface area (Å²) in [7, 11) is 0. The van der Waals surface area contributed by atoms with Crippen LogP contribution in [0.5, 0.6) is 0 Å². The fourth-order valence-electron chi connectivity index (χ4n) is 2.19. The number of aromatic nitrogens is 2. The Labute approximate surface area is 120 Å². The summed E-state index contributed by atoms with van der Waals surface area (Å²) in [6, 6.07) is 3.89. The number of alkyl halides is 3. The molecule has 1 heterocycles. The van der Waals surface area contributed by atoms with Gasteiger partial charge >= 0.3 is 6.18 Å². The van der Waals surface area contributed by atoms with Crippen molar-refractivity contribution < 1.29 is 28.0 Å². The SMILES string of the molecule is O=C(NO)c1ccc2c(c1)C(=O)c1nc(C(F)(F)F)ncc1-2. The molecule has 22 heavy (non-hydrogen) atoms. The van der Waals surface area contributed by atoms with E-state index in [-0.39, 0.29) is 22.4 Å². The lowest BCUT2D eigenvalue weighted by atomic mass is 10.0. The molecule has 6 nitrogen and oxygen atoms in total. The molecule has 0 saturated carbocycles. The van der Waals surface area contributed by atoms with Gasteiger partial charge in [0.15, 0.2) is 0 Å². The largest absolute Gasteiger partial charge is 0.451 e. The first-order valence-electron chi connectivity index (χ1n) is 5.90. The summed E-state index contributed by atoms with van der Waals surface area (Å²) in [6.45, 7) is 0. The van der Waals surface area contributed by atoms with E-state index in [1.165, 1.54) is 23.7 Å². The molecule has 1 aromatic heterocycles. The minimum absolute atomic E-state index is 0.00795. The van der Waals surface area contributed by atoms with Crippen LogP contribution in [0.1, 0.15) is 32.2 Å². The van der Waals surface area contributed by atoms with Crippen molar-refractivity contribution in [1.82, 2.24) is 15.4 Å². The molecule has 0 atom stereocenters. The van der Waals surface area contributed by atoms with E-state index in [1.54, 1.807) is 0 Å². The van der Waals surface area contributed by atoms with Crippen LogP contribution in [-0.2, 0) is 6.18 Å². The predicted molar refractivity (Wildman–Crippen MR) is 65.2 cm³/mol. The highest BCUT2D eigenvalue weighted by Crippen LogP contribution is 2.37. The highest BCUT2D eigenvalue weighted by atomic mass is 19.4. The van der Waals surface area contributed by atoms with Gasteiger partial charge in [-0.15, -0.1) is 0 Å². The van der Waals surface area contributed by atoms with Gasteiger partial charge in [0.1, 0.15) is 5.69 Å². The Morgan fingerprint density at radius 1 is 1.18 bits per heavy atom. The highest BCUT2D eigenvalue weighted by Gasteiger charge is 2.38. The molecule has 2 aromatic rings. The molecule has 0 unspecified atom stereocenters. The maximum atomic E-state index is 12.6. The number of amides is 1. The summed E-state index contributed by atoms with van der Waals surface area (Å²) in [4.78, 5) is 30.0. The zero-order chi connectivity index (χ0) is 16.1. The van der Waals surface area contributed by atoms with Gasteiger partial charge in [0.25, 0.3) is 5.91 Å². The number of hydrogen-bond acceptors (Lipinski definition) is 5. The number of carbonyl (C=O) groups is 2. The monoisotopic (exact) mass is 309 g/mol. The van der Waals surface area contributed by atoms with Crippen LogP contribution in [0.15, 0.2) is 24.4 Å². The Morgan fingerprint density at radius 3 is 2.55 bits per heavy atom. The molecule has 0 radical (unpaired) electrons. The number of fused-ring (bicyclic) bond motifs is 3. The molecule has 1 aliphatic carbocycles. The number of halogens is 3. The third kappa shape index (κ3) is 2.02. The van der Waals surface area contributed by atoms with Crippen molar-refractivity contribution in [3.05, 3.63) is 47.0 Å². The topological polar surface area (TPSA) is 92.2 Å². The Kier molecular flexibility index (Phi) is 2.96. The molecule has 0 aliphatic heterocycles. The first-order valence-corrected chi connectivity index (χ1v) is 5.90. The van der Waals surface area contributed by atoms with E-state index in [1.807, 2.05) is 0 Å². The van der Waals surface area contributed by atoms with Crippen molar-refractivity contribution in [2.45, 2.75) is 6.18 Å². The zero-order valence-corrected chi connectivity index (χ0v) is 10.6. The molecule has 0 bridgehead atoms. The van der Waals surface area contributed by atoms with Crippen LogP contribution in [0, 0.1) is 0 Å². The lowest BCUT2D eigenvalue weighted by Crippen LogP contribution is -2.18. The lowest BCUT2D eigenvalue weighted by Gasteiger charge is -2.05. The Balaban J connectivity index is 2.13. The van der Waals surface area contributed by atoms with E-state index in [0.29, 0.717) is 5.56 Å². The average molecular weight is 309 g/mol. The molecule has 2 N–H and O–H groups in total. The van der Waals surface area contributed by atoms with E-state index in [4.69, 9.17) is 5.21 Å². The zero-order valence-electron chi connectivity index (χ0n) is 10.6. The molecule has 0 saturated heterocycles. The second-order valence-electron chi connectivity index (χ2n) is 4.48. The van der Waals surface area contributed by atoms with Gasteiger partial charge in [-0.1, -0.05) is 6.07 Å². The molecule has 3 rings (SSSR count). The summed E-state index contributed by atoms with van der Waals surface area (Å²) >= 11 is 0. The van der Waals surface area contributed by atoms with Gasteiger partial charge in [-0.2, -0.15) is 13.2 Å². The fraction of sp³-hybridized carbons (Fsp3) is 0.0769. The van der Waals surface area contributed by atoms with Crippen molar-refractivity contribution in [2.75, 3.05) is 0 Å². The number of nitrogens with one attached hydrogen (secondary N) is 1. The maximum Gasteiger partial charge on any atom is 0.451 e. The number of benzene rings is 1. The van der Waals surface area contributed by atoms with Gasteiger partial charge in [0, 0.05) is 22.9 Å². The smallest absolute Gasteiger partial charge is 0.288 e. The number of hydrogen-bond donors (Lipinski definition) is 2. The molecular weight excluding hydrogens is 303 g/mol. The number of hydroxylamine groups is 1. The minimum atomic E-state index is -4.76. The normalized spacial score (nSPS) is 12.8. The first kappa shape index (κ1) is 14.1. The summed E-state index contributed by atoms with van der Waals surface area (Å²) in [5.41, 5.74) is 1.58. The summed E-state index contributed by atoms with van der Waals surface area (Å²) in [6.07, 6.45) is -3.83. The van der Waals surface area contributed by atoms with Crippen molar-refractivity contribution in [1.29, 1.82) is 0 Å². The van der Waals surface area contributed by atoms with Gasteiger partial charge in [-0.25, -0.2) is 15.4 Å². The maximum absolute atomic E-state index is 12.6. The fourth-order valence-corrected chi connectivity index (χ4v) is 2.19. The van der Waals surface area contributed by atoms with E-state index in [9.17, 15) is 22.8 Å². The second kappa shape index (κ2) is 4.60. The van der Waals surface area contributed by atoms with E-state index in [0.717, 1.165) is 6.20 Å². The number of nitrogens with zero attached hydrogens (tertiary/aromatic N) is 2. The van der Waals surface area contributed by atoms with E-state index < -0.39 is 23.7 Å². The Hall–Kier alpha value is -2.81. The molecule has 112 valence electrons. The van der Waals surface area contributed by atoms with Crippen LogP contribution in [0.4, 0.5) is 13.2 Å². The van der Waals surface area contributed by atoms with Gasteiger partial charge in [0.05, 0.1) is 0 Å². The van der Waals surface area contributed by atoms with Crippen LogP contribution in [-0.4, -0.2) is 26.9 Å². The highest BCUT2D eigenvalue weighted by molar-refractivity contribution is 6.21. The van der Waals surface area contributed by atoms with Crippen LogP contribution in [0.3, 0.4) is 0 Å². The van der Waals surface area contributed by atoms with Crippen molar-refractivity contribution in [3.8, 4) is 11.1 Å². The molecule has 1 aliphatic rings. The van der Waals surface area contributed by atoms with E-state index in [2.05, 4.69) is 9.97 Å². The van der Waals surface area contributed by atoms with E-state index >= 15 is 0 Å².